The minimum atomic E-state index is 0.677. The lowest BCUT2D eigenvalue weighted by molar-refractivity contribution is 0.419. The Morgan fingerprint density at radius 3 is 2.94 bits per heavy atom. The highest BCUT2D eigenvalue weighted by atomic mass is 16.5. The van der Waals surface area contributed by atoms with Gasteiger partial charge < -0.3 is 4.52 Å². The van der Waals surface area contributed by atoms with E-state index in [0.717, 1.165) is 24.1 Å². The van der Waals surface area contributed by atoms with Crippen molar-refractivity contribution in [2.75, 3.05) is 0 Å². The molecule has 1 aliphatic rings. The Morgan fingerprint density at radius 1 is 1.19 bits per heavy atom. The Labute approximate surface area is 93.8 Å². The van der Waals surface area contributed by atoms with Crippen molar-refractivity contribution in [2.24, 2.45) is 4.99 Å². The van der Waals surface area contributed by atoms with Gasteiger partial charge in [-0.2, -0.15) is 0 Å². The van der Waals surface area contributed by atoms with Crippen LogP contribution in [0.2, 0.25) is 0 Å². The molecule has 0 aliphatic heterocycles. The van der Waals surface area contributed by atoms with E-state index in [1.807, 2.05) is 36.5 Å². The first-order chi connectivity index (χ1) is 7.93. The van der Waals surface area contributed by atoms with Crippen molar-refractivity contribution in [1.29, 1.82) is 0 Å². The standard InChI is InChI=1S/C13H12N2O/c1-2-5-10(6-3-1)9-14-13-11-7-4-8-12(11)15-16-13/h1-3,5-6,9H,4,7-8H2/b14-9-. The summed E-state index contributed by atoms with van der Waals surface area (Å²) in [5.74, 6) is 0.677. The summed E-state index contributed by atoms with van der Waals surface area (Å²) in [6.07, 6.45) is 5.06. The van der Waals surface area contributed by atoms with E-state index in [-0.39, 0.29) is 0 Å². The van der Waals surface area contributed by atoms with Crippen molar-refractivity contribution in [3.05, 3.63) is 47.2 Å². The first-order valence-electron chi connectivity index (χ1n) is 5.50. The summed E-state index contributed by atoms with van der Waals surface area (Å²) in [4.78, 5) is 4.35. The Morgan fingerprint density at radius 2 is 2.06 bits per heavy atom. The number of nitrogens with zero attached hydrogens (tertiary/aromatic N) is 2. The largest absolute Gasteiger partial charge is 0.336 e. The average Bonchev–Trinajstić information content (AvgIpc) is 2.90. The van der Waals surface area contributed by atoms with E-state index in [2.05, 4.69) is 10.1 Å². The van der Waals surface area contributed by atoms with Crippen LogP contribution in [0.15, 0.2) is 39.8 Å². The van der Waals surface area contributed by atoms with Crippen LogP contribution in [0.4, 0.5) is 5.88 Å². The van der Waals surface area contributed by atoms with Crippen LogP contribution in [0, 0.1) is 0 Å². The molecule has 16 heavy (non-hydrogen) atoms. The van der Waals surface area contributed by atoms with Crippen molar-refractivity contribution < 1.29 is 4.52 Å². The number of aliphatic imine (C=N–C) groups is 1. The summed E-state index contributed by atoms with van der Waals surface area (Å²) in [5.41, 5.74) is 3.35. The second-order valence-electron chi connectivity index (χ2n) is 3.94. The van der Waals surface area contributed by atoms with Crippen LogP contribution in [0.25, 0.3) is 0 Å². The van der Waals surface area contributed by atoms with Gasteiger partial charge in [-0.3, -0.25) is 0 Å². The van der Waals surface area contributed by atoms with E-state index in [1.165, 1.54) is 12.0 Å². The van der Waals surface area contributed by atoms with Crippen LogP contribution < -0.4 is 0 Å². The van der Waals surface area contributed by atoms with E-state index in [0.29, 0.717) is 5.88 Å². The third kappa shape index (κ3) is 1.65. The molecule has 1 heterocycles. The molecule has 0 saturated heterocycles. The lowest BCUT2D eigenvalue weighted by atomic mass is 10.2. The smallest absolute Gasteiger partial charge is 0.253 e. The number of fused-ring (bicyclic) bond motifs is 1. The second-order valence-corrected chi connectivity index (χ2v) is 3.94. The lowest BCUT2D eigenvalue weighted by Gasteiger charge is -1.91. The Balaban J connectivity index is 1.87. The minimum absolute atomic E-state index is 0.677. The van der Waals surface area contributed by atoms with E-state index < -0.39 is 0 Å². The van der Waals surface area contributed by atoms with Gasteiger partial charge >= 0.3 is 0 Å². The highest BCUT2D eigenvalue weighted by molar-refractivity contribution is 5.81. The molecule has 1 aromatic carbocycles. The molecule has 0 unspecified atom stereocenters. The molecule has 0 N–H and O–H groups in total. The second kappa shape index (κ2) is 3.93. The highest BCUT2D eigenvalue weighted by Gasteiger charge is 2.19. The molecular formula is C13H12N2O. The molecule has 0 amide bonds. The first kappa shape index (κ1) is 9.33. The number of rotatable bonds is 2. The van der Waals surface area contributed by atoms with Gasteiger partial charge in [-0.1, -0.05) is 35.5 Å². The maximum atomic E-state index is 5.21. The zero-order chi connectivity index (χ0) is 10.8. The van der Waals surface area contributed by atoms with Crippen molar-refractivity contribution in [3.63, 3.8) is 0 Å². The summed E-state index contributed by atoms with van der Waals surface area (Å²) >= 11 is 0. The lowest BCUT2D eigenvalue weighted by Crippen LogP contribution is -1.79. The highest BCUT2D eigenvalue weighted by Crippen LogP contribution is 2.30. The van der Waals surface area contributed by atoms with Gasteiger partial charge in [0.2, 0.25) is 0 Å². The molecule has 1 aromatic heterocycles. The fourth-order valence-corrected chi connectivity index (χ4v) is 1.99. The number of aromatic nitrogens is 1. The van der Waals surface area contributed by atoms with Gasteiger partial charge in [-0.25, -0.2) is 4.99 Å². The fourth-order valence-electron chi connectivity index (χ4n) is 1.99. The average molecular weight is 212 g/mol. The third-order valence-electron chi connectivity index (χ3n) is 2.82. The van der Waals surface area contributed by atoms with Crippen molar-refractivity contribution >= 4 is 12.1 Å². The van der Waals surface area contributed by atoms with Crippen LogP contribution in [-0.4, -0.2) is 11.4 Å². The van der Waals surface area contributed by atoms with E-state index >= 15 is 0 Å². The molecule has 80 valence electrons. The predicted molar refractivity (Wildman–Crippen MR) is 62.2 cm³/mol. The normalized spacial score (nSPS) is 14.5. The van der Waals surface area contributed by atoms with Crippen LogP contribution in [0.5, 0.6) is 0 Å². The zero-order valence-electron chi connectivity index (χ0n) is 8.89. The Bertz CT molecular complexity index is 514. The first-order valence-corrected chi connectivity index (χ1v) is 5.50. The zero-order valence-corrected chi connectivity index (χ0v) is 8.89. The van der Waals surface area contributed by atoms with Crippen molar-refractivity contribution in [1.82, 2.24) is 5.16 Å². The quantitative estimate of drug-likeness (QED) is 0.718. The minimum Gasteiger partial charge on any atom is -0.336 e. The number of hydrogen-bond acceptors (Lipinski definition) is 3. The molecule has 3 nitrogen and oxygen atoms in total. The SMILES string of the molecule is C(=N/c1onc2c1CCC2)/c1ccccc1. The number of benzene rings is 1. The maximum absolute atomic E-state index is 5.21. The van der Waals surface area contributed by atoms with Crippen LogP contribution in [0.1, 0.15) is 23.2 Å². The van der Waals surface area contributed by atoms with Crippen LogP contribution >= 0.6 is 0 Å². The van der Waals surface area contributed by atoms with Gasteiger partial charge in [0.05, 0.1) is 5.69 Å². The van der Waals surface area contributed by atoms with E-state index in [9.17, 15) is 0 Å². The topological polar surface area (TPSA) is 38.4 Å². The summed E-state index contributed by atoms with van der Waals surface area (Å²) in [7, 11) is 0. The molecule has 0 spiro atoms. The van der Waals surface area contributed by atoms with Gasteiger partial charge in [-0.15, -0.1) is 0 Å². The monoisotopic (exact) mass is 212 g/mol. The molecule has 3 heteroatoms. The molecule has 0 saturated carbocycles. The van der Waals surface area contributed by atoms with E-state index in [4.69, 9.17) is 4.52 Å². The molecule has 0 atom stereocenters. The summed E-state index contributed by atoms with van der Waals surface area (Å²) in [6, 6.07) is 10.0. The molecule has 0 fully saturated rings. The number of hydrogen-bond donors (Lipinski definition) is 0. The maximum Gasteiger partial charge on any atom is 0.253 e. The molecule has 3 rings (SSSR count). The molecular weight excluding hydrogens is 200 g/mol. The van der Waals surface area contributed by atoms with E-state index in [1.54, 1.807) is 0 Å². The molecule has 1 aliphatic carbocycles. The molecule has 0 bridgehead atoms. The van der Waals surface area contributed by atoms with Gasteiger partial charge in [0.15, 0.2) is 0 Å². The fraction of sp³-hybridized carbons (Fsp3) is 0.231. The van der Waals surface area contributed by atoms with Crippen molar-refractivity contribution in [2.45, 2.75) is 19.3 Å². The summed E-state index contributed by atoms with van der Waals surface area (Å²) in [6.45, 7) is 0. The molecule has 0 radical (unpaired) electrons. The van der Waals surface area contributed by atoms with Crippen molar-refractivity contribution in [3.8, 4) is 0 Å². The van der Waals surface area contributed by atoms with Gasteiger partial charge in [0.25, 0.3) is 5.88 Å². The van der Waals surface area contributed by atoms with Crippen LogP contribution in [0.3, 0.4) is 0 Å². The molecule has 2 aromatic rings. The van der Waals surface area contributed by atoms with Gasteiger partial charge in [0, 0.05) is 11.8 Å². The summed E-state index contributed by atoms with van der Waals surface area (Å²) < 4.78 is 5.21. The number of aryl methyl sites for hydroxylation is 1. The predicted octanol–water partition coefficient (Wildman–Crippen LogP) is 2.91. The van der Waals surface area contributed by atoms with Gasteiger partial charge in [0.1, 0.15) is 0 Å². The van der Waals surface area contributed by atoms with Crippen LogP contribution in [-0.2, 0) is 12.8 Å². The Hall–Kier alpha value is -1.90. The third-order valence-corrected chi connectivity index (χ3v) is 2.82. The summed E-state index contributed by atoms with van der Waals surface area (Å²) in [5, 5.41) is 4.02. The Kier molecular flexibility index (Phi) is 2.29. The van der Waals surface area contributed by atoms with Gasteiger partial charge in [-0.05, 0) is 24.8 Å².